The van der Waals surface area contributed by atoms with Gasteiger partial charge in [0.25, 0.3) is 5.91 Å². The number of imidazole rings is 1. The molecule has 2 atom stereocenters. The molecule has 11 heteroatoms. The highest BCUT2D eigenvalue weighted by Gasteiger charge is 2.34. The van der Waals surface area contributed by atoms with Gasteiger partial charge < -0.3 is 24.7 Å². The van der Waals surface area contributed by atoms with E-state index in [4.69, 9.17) is 26.1 Å². The first-order valence-corrected chi connectivity index (χ1v) is 12.0. The van der Waals surface area contributed by atoms with E-state index in [0.717, 1.165) is 16.5 Å². The number of H-pyrrole nitrogens is 1. The van der Waals surface area contributed by atoms with Crippen molar-refractivity contribution in [3.05, 3.63) is 27.2 Å². The maximum absolute atomic E-state index is 12.7. The Kier molecular flexibility index (Phi) is 8.13. The van der Waals surface area contributed by atoms with E-state index >= 15 is 0 Å². The van der Waals surface area contributed by atoms with Crippen LogP contribution in [0, 0.1) is 0 Å². The molecule has 176 valence electrons. The van der Waals surface area contributed by atoms with Gasteiger partial charge in [0, 0.05) is 20.2 Å². The van der Waals surface area contributed by atoms with Crippen LogP contribution < -0.4 is 10.2 Å². The predicted molar refractivity (Wildman–Crippen MR) is 124 cm³/mol. The molecule has 9 nitrogen and oxygen atoms in total. The van der Waals surface area contributed by atoms with Crippen LogP contribution in [0.1, 0.15) is 71.7 Å². The number of hydrogen-bond donors (Lipinski definition) is 2. The van der Waals surface area contributed by atoms with Crippen molar-refractivity contribution >= 4 is 39.9 Å². The van der Waals surface area contributed by atoms with Crippen molar-refractivity contribution in [1.82, 2.24) is 20.3 Å². The first-order valence-electron chi connectivity index (χ1n) is 10.8. The number of piperidine rings is 1. The highest BCUT2D eigenvalue weighted by atomic mass is 35.5. The Hall–Kier alpha value is -2.17. The van der Waals surface area contributed by atoms with E-state index in [-0.39, 0.29) is 35.8 Å². The molecule has 1 saturated heterocycles. The second kappa shape index (κ2) is 10.6. The summed E-state index contributed by atoms with van der Waals surface area (Å²) < 4.78 is 10.9. The molecule has 1 amide bonds. The lowest BCUT2D eigenvalue weighted by atomic mass is 10.0. The minimum absolute atomic E-state index is 0.0996. The predicted octanol–water partition coefficient (Wildman–Crippen LogP) is 3.41. The first kappa shape index (κ1) is 24.5. The lowest BCUT2D eigenvalue weighted by Crippen LogP contribution is -2.55. The van der Waals surface area contributed by atoms with Crippen molar-refractivity contribution in [1.29, 1.82) is 0 Å². The van der Waals surface area contributed by atoms with Crippen LogP contribution in [0.3, 0.4) is 0 Å². The molecule has 1 aliphatic heterocycles. The number of methoxy groups -OCH3 is 1. The lowest BCUT2D eigenvalue weighted by molar-refractivity contribution is 0.0529. The number of nitrogens with one attached hydrogen (secondary N) is 2. The Morgan fingerprint density at radius 1 is 1.34 bits per heavy atom. The summed E-state index contributed by atoms with van der Waals surface area (Å²) in [5.74, 6) is -0.353. The van der Waals surface area contributed by atoms with Gasteiger partial charge >= 0.3 is 5.97 Å². The number of carbonyl (C=O) groups excluding carboxylic acids is 2. The Balaban J connectivity index is 1.72. The highest BCUT2D eigenvalue weighted by Crippen LogP contribution is 2.33. The van der Waals surface area contributed by atoms with Crippen molar-refractivity contribution in [2.45, 2.75) is 58.6 Å². The lowest BCUT2D eigenvalue weighted by Gasteiger charge is -2.37. The fourth-order valence-electron chi connectivity index (χ4n) is 3.65. The van der Waals surface area contributed by atoms with Gasteiger partial charge in [0.05, 0.1) is 30.1 Å². The average molecular weight is 484 g/mol. The van der Waals surface area contributed by atoms with E-state index in [9.17, 15) is 9.59 Å². The van der Waals surface area contributed by atoms with Gasteiger partial charge in [0.1, 0.15) is 4.88 Å². The number of aryl methyl sites for hydroxylation is 1. The standard InChI is InChI=1S/C21H30ClN5O4S/c1-6-12-17(22)26-18(23-12)19(28)24-13-8-9-27(10-14(13)30-5)21-25-15(11(3)4)16(32-21)20(29)31-7-2/h11,13-14H,6-10H2,1-5H3,(H,23,26)(H,24,28). The molecule has 2 aromatic rings. The summed E-state index contributed by atoms with van der Waals surface area (Å²) >= 11 is 7.40. The summed E-state index contributed by atoms with van der Waals surface area (Å²) in [6.07, 6.45) is 1.07. The Morgan fingerprint density at radius 2 is 2.09 bits per heavy atom. The molecule has 2 N–H and O–H groups in total. The third-order valence-electron chi connectivity index (χ3n) is 5.40. The van der Waals surface area contributed by atoms with Gasteiger partial charge in [-0.25, -0.2) is 14.8 Å². The zero-order valence-electron chi connectivity index (χ0n) is 19.0. The van der Waals surface area contributed by atoms with Gasteiger partial charge in [-0.2, -0.15) is 0 Å². The van der Waals surface area contributed by atoms with Crippen molar-refractivity contribution < 1.29 is 19.1 Å². The number of nitrogens with zero attached hydrogens (tertiary/aromatic N) is 3. The summed E-state index contributed by atoms with van der Waals surface area (Å²) in [6.45, 7) is 9.26. The zero-order chi connectivity index (χ0) is 23.4. The fourth-order valence-corrected chi connectivity index (χ4v) is 5.07. The fraction of sp³-hybridized carbons (Fsp3) is 0.619. The number of hydrogen-bond acceptors (Lipinski definition) is 8. The molecule has 2 aromatic heterocycles. The normalized spacial score (nSPS) is 18.8. The highest BCUT2D eigenvalue weighted by molar-refractivity contribution is 7.17. The molecular weight excluding hydrogens is 454 g/mol. The monoisotopic (exact) mass is 483 g/mol. The molecule has 0 radical (unpaired) electrons. The largest absolute Gasteiger partial charge is 0.462 e. The molecule has 0 aromatic carbocycles. The molecule has 0 spiro atoms. The summed E-state index contributed by atoms with van der Waals surface area (Å²) in [5.41, 5.74) is 1.48. The number of rotatable bonds is 8. The molecule has 3 rings (SSSR count). The van der Waals surface area contributed by atoms with E-state index in [1.54, 1.807) is 14.0 Å². The van der Waals surface area contributed by atoms with Crippen molar-refractivity contribution in [2.24, 2.45) is 0 Å². The van der Waals surface area contributed by atoms with Gasteiger partial charge in [-0.3, -0.25) is 4.79 Å². The zero-order valence-corrected chi connectivity index (χ0v) is 20.6. The number of thiazole rings is 1. The molecule has 0 saturated carbocycles. The second-order valence-corrected chi connectivity index (χ2v) is 9.22. The van der Waals surface area contributed by atoms with Crippen LogP contribution in [0.4, 0.5) is 5.13 Å². The van der Waals surface area contributed by atoms with Crippen LogP contribution >= 0.6 is 22.9 Å². The van der Waals surface area contributed by atoms with E-state index in [0.29, 0.717) is 42.6 Å². The SMILES string of the molecule is CCOC(=O)c1sc(N2CCC(NC(=O)c3nc(Cl)c(CC)[nH]3)C(OC)C2)nc1C(C)C. The number of halogens is 1. The van der Waals surface area contributed by atoms with Crippen molar-refractivity contribution in [3.63, 3.8) is 0 Å². The van der Waals surface area contributed by atoms with E-state index in [1.165, 1.54) is 11.3 Å². The quantitative estimate of drug-likeness (QED) is 0.553. The number of amides is 1. The number of carbonyl (C=O) groups is 2. The smallest absolute Gasteiger partial charge is 0.350 e. The van der Waals surface area contributed by atoms with Gasteiger partial charge in [-0.05, 0) is 25.7 Å². The van der Waals surface area contributed by atoms with Crippen LogP contribution in [0.2, 0.25) is 5.15 Å². The van der Waals surface area contributed by atoms with Gasteiger partial charge in [0.2, 0.25) is 0 Å². The van der Waals surface area contributed by atoms with Crippen LogP contribution in [0.5, 0.6) is 0 Å². The summed E-state index contributed by atoms with van der Waals surface area (Å²) in [7, 11) is 1.62. The molecule has 32 heavy (non-hydrogen) atoms. The molecular formula is C21H30ClN5O4S. The minimum atomic E-state index is -0.339. The molecule has 1 fully saturated rings. The van der Waals surface area contributed by atoms with E-state index in [2.05, 4.69) is 20.2 Å². The van der Waals surface area contributed by atoms with Crippen LogP contribution in [0.15, 0.2) is 0 Å². The van der Waals surface area contributed by atoms with Gasteiger partial charge in [-0.15, -0.1) is 0 Å². The molecule has 2 unspecified atom stereocenters. The molecule has 3 heterocycles. The van der Waals surface area contributed by atoms with E-state index < -0.39 is 0 Å². The third kappa shape index (κ3) is 5.24. The number of aromatic amines is 1. The minimum Gasteiger partial charge on any atom is -0.462 e. The summed E-state index contributed by atoms with van der Waals surface area (Å²) in [4.78, 5) is 39.5. The second-order valence-electron chi connectivity index (χ2n) is 7.88. The Labute approximate surface area is 196 Å². The van der Waals surface area contributed by atoms with Crippen molar-refractivity contribution in [3.8, 4) is 0 Å². The maximum atomic E-state index is 12.7. The molecule has 1 aliphatic rings. The van der Waals surface area contributed by atoms with E-state index in [1.807, 2.05) is 20.8 Å². The molecule has 0 aliphatic carbocycles. The van der Waals surface area contributed by atoms with Gasteiger partial charge in [0.15, 0.2) is 16.1 Å². The maximum Gasteiger partial charge on any atom is 0.350 e. The third-order valence-corrected chi connectivity index (χ3v) is 6.82. The number of aromatic nitrogens is 3. The molecule has 0 bridgehead atoms. The number of esters is 1. The van der Waals surface area contributed by atoms with Gasteiger partial charge in [-0.1, -0.05) is 43.7 Å². The Bertz CT molecular complexity index is 960. The Morgan fingerprint density at radius 3 is 2.69 bits per heavy atom. The summed E-state index contributed by atoms with van der Waals surface area (Å²) in [6, 6.07) is -0.188. The van der Waals surface area contributed by atoms with Crippen LogP contribution in [0.25, 0.3) is 0 Å². The summed E-state index contributed by atoms with van der Waals surface area (Å²) in [5, 5.41) is 4.08. The average Bonchev–Trinajstić information content (AvgIpc) is 3.38. The van der Waals surface area contributed by atoms with Crippen LogP contribution in [-0.4, -0.2) is 65.8 Å². The number of ether oxygens (including phenoxy) is 2. The first-order chi connectivity index (χ1) is 15.3. The van der Waals surface area contributed by atoms with Crippen LogP contribution in [-0.2, 0) is 15.9 Å². The number of anilines is 1. The topological polar surface area (TPSA) is 109 Å². The van der Waals surface area contributed by atoms with Crippen molar-refractivity contribution in [2.75, 3.05) is 31.7 Å².